The van der Waals surface area contributed by atoms with Crippen molar-refractivity contribution in [3.63, 3.8) is 0 Å². The van der Waals surface area contributed by atoms with E-state index in [0.717, 1.165) is 33.4 Å². The number of hydrogen-bond donors (Lipinski definition) is 1. The Balaban J connectivity index is 0.000000118. The van der Waals surface area contributed by atoms with Crippen LogP contribution < -0.4 is 0 Å². The SMILES string of the molecule is C1=Cc2cccc3cccc1c23.O=C(O)C(F)(F)F.[3H]PF.[Cl][Fe]([Cl])[Cl].c1ccc(-c2c3c(c(-c4ccccc4)c4ccccc24)-c2ccc4c5ccc6c7c(ccc(c8ccc-3c2c84)c75)-c2c-6c(-c3ccccc3)c3ccccc3c2-c2ccccc2)cc1.c1ccc(-c2c3c(c(-c4ccccc4)c4ccccc24)-c2cccc4cccc-3c24)cc1.c1ccc(-c2oc(-c3ccccc3)c3ccccc23)cc1. The topological polar surface area (TPSA) is 50.4 Å². The quantitative estimate of drug-likeness (QED) is 0.0542. The number of benzene rings is 24. The zero-order valence-corrected chi connectivity index (χ0v) is 80.2. The fraction of sp³-hybridized carbons (Fsp3) is 0.00769. The number of rotatable bonds is 8. The summed E-state index contributed by atoms with van der Waals surface area (Å²) in [4.78, 5) is 8.90. The first-order valence-electron chi connectivity index (χ1n) is 47.1. The van der Waals surface area contributed by atoms with Gasteiger partial charge >= 0.3 is 53.6 Å². The maximum atomic E-state index is 10.6. The first-order chi connectivity index (χ1) is 70.2. The van der Waals surface area contributed by atoms with E-state index in [-0.39, 0.29) is 0 Å². The van der Waals surface area contributed by atoms with Crippen molar-refractivity contribution in [1.82, 2.24) is 0 Å². The van der Waals surface area contributed by atoms with Crippen LogP contribution in [-0.4, -0.2) is 18.5 Å². The van der Waals surface area contributed by atoms with Crippen LogP contribution in [0.15, 0.2) is 465 Å². The van der Waals surface area contributed by atoms with Crippen LogP contribution in [0.3, 0.4) is 0 Å². The number of carboxylic acid groups (broad SMARTS) is 1. The third-order valence-corrected chi connectivity index (χ3v) is 27.8. The van der Waals surface area contributed by atoms with E-state index < -0.39 is 32.8 Å². The largest absolute Gasteiger partial charge is 0.455 e. The minimum absolute atomic E-state index is 0.935. The second-order valence-electron chi connectivity index (χ2n) is 35.3. The van der Waals surface area contributed by atoms with Gasteiger partial charge in [0.25, 0.3) is 0 Å². The van der Waals surface area contributed by atoms with Gasteiger partial charge in [-0.3, -0.25) is 0 Å². The van der Waals surface area contributed by atoms with Gasteiger partial charge in [0.05, 0.1) is 10.8 Å². The van der Waals surface area contributed by atoms with Crippen LogP contribution in [0.25, 0.3) is 276 Å². The molecule has 25 aromatic rings. The van der Waals surface area contributed by atoms with Gasteiger partial charge in [-0.05, 0) is 242 Å². The molecule has 681 valence electrons. The Labute approximate surface area is 837 Å². The molecule has 0 aliphatic heterocycles. The number of halogens is 7. The molecule has 1 unspecified atom stereocenters. The van der Waals surface area contributed by atoms with Gasteiger partial charge in [-0.1, -0.05) is 473 Å². The van der Waals surface area contributed by atoms with Gasteiger partial charge in [0.2, 0.25) is 0 Å². The van der Waals surface area contributed by atoms with Gasteiger partial charge in [0.15, 0.2) is 0 Å². The summed E-state index contributed by atoms with van der Waals surface area (Å²) in [5, 5.41) is 33.3. The zero-order chi connectivity index (χ0) is 97.1. The van der Waals surface area contributed by atoms with Gasteiger partial charge in [-0.15, -0.1) is 0 Å². The minimum Gasteiger partial charge on any atom is -0.455 e. The van der Waals surface area contributed by atoms with Crippen molar-refractivity contribution in [2.24, 2.45) is 0 Å². The zero-order valence-electron chi connectivity index (χ0n) is 76.8. The van der Waals surface area contributed by atoms with Crippen LogP contribution in [0.1, 0.15) is 11.1 Å². The molecule has 12 heteroatoms. The maximum Gasteiger partial charge on any atom is 0.142 e. The molecule has 1 atom stereocenters. The van der Waals surface area contributed by atoms with E-state index in [4.69, 9.17) is 45.9 Å². The Hall–Kier alpha value is -15.8. The van der Waals surface area contributed by atoms with E-state index in [1.54, 1.807) is 0 Å². The molecule has 24 aromatic carbocycles. The summed E-state index contributed by atoms with van der Waals surface area (Å²) in [7, 11) is 13.5. The fourth-order valence-electron chi connectivity index (χ4n) is 22.4. The van der Waals surface area contributed by atoms with E-state index in [2.05, 4.69) is 437 Å². The molecule has 0 spiro atoms. The molecule has 0 saturated carbocycles. The first-order valence-corrected chi connectivity index (χ1v) is 51.6. The van der Waals surface area contributed by atoms with Crippen LogP contribution in [-0.2, 0) is 16.0 Å². The second kappa shape index (κ2) is 38.1. The monoisotopic (exact) mass is 1960 g/mol. The summed E-state index contributed by atoms with van der Waals surface area (Å²) < 4.78 is 53.5. The van der Waals surface area contributed by atoms with E-state index >= 15 is 0 Å². The van der Waals surface area contributed by atoms with Gasteiger partial charge < -0.3 is 9.52 Å². The van der Waals surface area contributed by atoms with Crippen molar-refractivity contribution in [2.75, 3.05) is 0 Å². The van der Waals surface area contributed by atoms with Crippen molar-refractivity contribution in [1.29, 1.82) is 1.28 Å². The molecule has 0 radical (unpaired) electrons. The Morgan fingerprint density at radius 1 is 0.239 bits per heavy atom. The van der Waals surface area contributed by atoms with Crippen LogP contribution in [0.2, 0.25) is 0 Å². The Morgan fingerprint density at radius 3 is 0.669 bits per heavy atom. The third kappa shape index (κ3) is 15.6. The molecule has 0 fully saturated rings. The van der Waals surface area contributed by atoms with Crippen molar-refractivity contribution < 1.29 is 42.9 Å². The Morgan fingerprint density at radius 2 is 0.437 bits per heavy atom. The summed E-state index contributed by atoms with van der Waals surface area (Å²) in [5.41, 5.74) is 36.4. The number of carboxylic acids is 1. The summed E-state index contributed by atoms with van der Waals surface area (Å²) in [6.07, 6.45) is -0.727. The predicted octanol–water partition coefficient (Wildman–Crippen LogP) is 39.5. The number of hydrogen-bond acceptors (Lipinski definition) is 2. The Bertz CT molecular complexity index is 8530. The van der Waals surface area contributed by atoms with Crippen molar-refractivity contribution in [3.05, 3.63) is 472 Å². The minimum atomic E-state index is -5.08. The van der Waals surface area contributed by atoms with Crippen LogP contribution >= 0.6 is 39.8 Å². The van der Waals surface area contributed by atoms with Crippen molar-refractivity contribution >= 4 is 166 Å². The Kier molecular flexibility index (Phi) is 23.8. The van der Waals surface area contributed by atoms with E-state index in [9.17, 15) is 17.4 Å². The van der Waals surface area contributed by atoms with Crippen molar-refractivity contribution in [3.8, 4) is 156 Å². The third-order valence-electron chi connectivity index (χ3n) is 27.8. The second-order valence-corrected chi connectivity index (χ2v) is 40.8. The molecular weight excluding hydrogens is 1880 g/mol. The molecule has 1 N–H and O–H groups in total. The van der Waals surface area contributed by atoms with Gasteiger partial charge in [-0.2, -0.15) is 13.2 Å². The maximum absolute atomic E-state index is 10.6. The number of furan rings is 1. The molecule has 0 amide bonds. The summed E-state index contributed by atoms with van der Waals surface area (Å²) in [5.74, 6) is -0.886. The van der Waals surface area contributed by atoms with Crippen LogP contribution in [0, 0.1) is 0 Å². The molecule has 29 rings (SSSR count). The van der Waals surface area contributed by atoms with E-state index in [0.29, 0.717) is 0 Å². The first kappa shape index (κ1) is 88.8. The number of aliphatic carboxylic acids is 1. The van der Waals surface area contributed by atoms with E-state index in [1.807, 2.05) is 36.4 Å². The van der Waals surface area contributed by atoms with Crippen LogP contribution in [0.4, 0.5) is 17.4 Å². The molecule has 1 heterocycles. The van der Waals surface area contributed by atoms with Crippen molar-refractivity contribution in [2.45, 2.75) is 6.18 Å². The van der Waals surface area contributed by atoms with Gasteiger partial charge in [0.1, 0.15) is 11.5 Å². The summed E-state index contributed by atoms with van der Waals surface area (Å²) in [6.45, 7) is 0. The molecule has 1 aromatic heterocycles. The normalized spacial score (nSPS) is 12.0. The van der Waals surface area contributed by atoms with Gasteiger partial charge in [-0.25, -0.2) is 8.99 Å². The predicted molar refractivity (Wildman–Crippen MR) is 592 cm³/mol. The number of alkyl halides is 3. The average Bonchev–Trinajstić information content (AvgIpc) is 1.51. The molecule has 0 bridgehead atoms. The summed E-state index contributed by atoms with van der Waals surface area (Å²) in [6, 6.07) is 168. The van der Waals surface area contributed by atoms with Gasteiger partial charge in [0, 0.05) is 21.9 Å². The smallest absolute Gasteiger partial charge is 0.142 e. The summed E-state index contributed by atoms with van der Waals surface area (Å²) >= 11 is -1.33. The average molecular weight is 1960 g/mol. The van der Waals surface area contributed by atoms with E-state index in [1.165, 1.54) is 242 Å². The molecule has 4 aliphatic rings. The molecule has 4 aliphatic carbocycles. The number of carbonyl (C=O) groups is 1. The molecule has 0 saturated heterocycles. The number of fused-ring (bicyclic) bond motifs is 15. The fourth-order valence-corrected chi connectivity index (χ4v) is 22.4. The standard InChI is InChI=1S/C64H36.C32H20.C20H14O.C12H8.C2HF3O2.3ClH.FH2P.Fe/c1-5-17-37(18-6-1)53-41-25-13-14-26-42(41)54(38-19-7-2-8-20-38)62-50-34-30-46-48-32-36-52-60-51(35-31-47(58(48)60)45-29-33-49(61(53)62)59(50)57(45)46)63-55(39-21-9-3-10-22-39)43-27-15-16-28-44(43)56(64(52)63)40-23-11-4-12-24-40;1-3-11-22(12-4-1)29-24-17-7-8-18-25(24)30(23-13-5-2-6-14-23)32-27-20-10-16-21-15-9-19-26(28(21)27)31(29)32;1-3-9-15(10-4-1)19-17-13-7-8-14-18(17)20(21-19)16-11-5-2-6-12-16;1-3-9-4-2-6-11-8-7-10(5-1)12(9)11;3-2(4,5)1(6)7;;;;1-2;/h1-36H;1-20H;1-14H;1-8H;(H,6,7);3*1H;2H2;/q;;;;;;;;;+3/p-3/i;;;;;;;;2T;. The van der Waals surface area contributed by atoms with Crippen LogP contribution in [0.5, 0.6) is 0 Å². The molecular formula is C130H81Cl3F4FeO3P. The molecule has 3 nitrogen and oxygen atoms in total. The molecule has 142 heavy (non-hydrogen) atoms.